The summed E-state index contributed by atoms with van der Waals surface area (Å²) in [4.78, 5) is 16.6. The monoisotopic (exact) mass is 426 g/mol. The Labute approximate surface area is 177 Å². The van der Waals surface area contributed by atoms with Crippen LogP contribution in [0.15, 0.2) is 24.3 Å². The maximum absolute atomic E-state index is 12.6. The summed E-state index contributed by atoms with van der Waals surface area (Å²) in [6.45, 7) is 6.57. The molecule has 0 spiro atoms. The molecule has 30 heavy (non-hydrogen) atoms. The van der Waals surface area contributed by atoms with Gasteiger partial charge in [0, 0.05) is 32.7 Å². The molecule has 0 aromatic heterocycles. The number of piperidine rings is 1. The Hall–Kier alpha value is -1.60. The zero-order valence-electron chi connectivity index (χ0n) is 17.8. The third kappa shape index (κ3) is 7.27. The molecule has 2 aliphatic rings. The highest BCUT2D eigenvalue weighted by Gasteiger charge is 2.31. The highest BCUT2D eigenvalue weighted by atomic mass is 19.4. The second-order valence-corrected chi connectivity index (χ2v) is 8.69. The van der Waals surface area contributed by atoms with E-state index >= 15 is 0 Å². The summed E-state index contributed by atoms with van der Waals surface area (Å²) >= 11 is 0. The maximum Gasteiger partial charge on any atom is 0.389 e. The molecule has 1 aromatic carbocycles. The summed E-state index contributed by atoms with van der Waals surface area (Å²) in [5, 5.41) is 0. The largest absolute Gasteiger partial charge is 0.389 e. The summed E-state index contributed by atoms with van der Waals surface area (Å²) in [5.41, 5.74) is 2.62. The smallest absolute Gasteiger partial charge is 0.376 e. The summed E-state index contributed by atoms with van der Waals surface area (Å²) in [7, 11) is 0. The van der Waals surface area contributed by atoms with Gasteiger partial charge in [0.15, 0.2) is 0 Å². The van der Waals surface area contributed by atoms with Gasteiger partial charge < -0.3 is 9.64 Å². The minimum absolute atomic E-state index is 0.0408. The fraction of sp³-hybridized carbons (Fsp3) is 0.696. The van der Waals surface area contributed by atoms with E-state index in [4.69, 9.17) is 4.74 Å². The lowest BCUT2D eigenvalue weighted by Gasteiger charge is -2.36. The van der Waals surface area contributed by atoms with Crippen molar-refractivity contribution in [2.45, 2.75) is 64.3 Å². The number of halogens is 3. The molecular weight excluding hydrogens is 393 g/mol. The van der Waals surface area contributed by atoms with Crippen molar-refractivity contribution in [2.24, 2.45) is 5.92 Å². The first kappa shape index (κ1) is 23.1. The minimum Gasteiger partial charge on any atom is -0.376 e. The van der Waals surface area contributed by atoms with Crippen LogP contribution in [0.4, 0.5) is 13.2 Å². The van der Waals surface area contributed by atoms with Crippen LogP contribution in [0.2, 0.25) is 0 Å². The van der Waals surface area contributed by atoms with Gasteiger partial charge >= 0.3 is 6.18 Å². The van der Waals surface area contributed by atoms with Crippen LogP contribution >= 0.6 is 0 Å². The Morgan fingerprint density at radius 1 is 1.17 bits per heavy atom. The molecule has 0 N–H and O–H groups in total. The number of amides is 1. The first-order valence-corrected chi connectivity index (χ1v) is 11.0. The van der Waals surface area contributed by atoms with E-state index in [0.717, 1.165) is 45.3 Å². The van der Waals surface area contributed by atoms with Crippen LogP contribution < -0.4 is 0 Å². The number of rotatable bonds is 8. The molecule has 0 unspecified atom stereocenters. The molecule has 0 bridgehead atoms. The van der Waals surface area contributed by atoms with Crippen molar-refractivity contribution in [2.75, 3.05) is 32.8 Å². The van der Waals surface area contributed by atoms with Crippen LogP contribution in [-0.4, -0.2) is 60.8 Å². The average Bonchev–Trinajstić information content (AvgIpc) is 3.21. The number of hydrogen-bond acceptors (Lipinski definition) is 3. The lowest BCUT2D eigenvalue weighted by atomic mass is 9.95. The van der Waals surface area contributed by atoms with E-state index in [1.165, 1.54) is 11.1 Å². The summed E-state index contributed by atoms with van der Waals surface area (Å²) in [6, 6.07) is 8.38. The number of alkyl halides is 3. The van der Waals surface area contributed by atoms with Gasteiger partial charge in [-0.05, 0) is 62.7 Å². The molecule has 0 aliphatic carbocycles. The van der Waals surface area contributed by atoms with E-state index in [0.29, 0.717) is 25.6 Å². The Morgan fingerprint density at radius 3 is 2.53 bits per heavy atom. The van der Waals surface area contributed by atoms with Gasteiger partial charge in [-0.3, -0.25) is 9.69 Å². The molecule has 1 aromatic rings. The summed E-state index contributed by atoms with van der Waals surface area (Å²) in [5.74, 6) is -0.0699. The second-order valence-electron chi connectivity index (χ2n) is 8.69. The van der Waals surface area contributed by atoms with Crippen molar-refractivity contribution in [1.29, 1.82) is 0 Å². The molecule has 7 heteroatoms. The standard InChI is InChI=1S/C23H33F3N2O2/c1-18-5-2-3-6-20(18)16-27-12-9-19(10-13-27)15-28(17-21-7-4-14-30-21)22(29)8-11-23(24,25)26/h2-3,5-6,19,21H,4,7-17H2,1H3/t21-/m1/s1. The van der Waals surface area contributed by atoms with Gasteiger partial charge in [-0.1, -0.05) is 24.3 Å². The van der Waals surface area contributed by atoms with E-state index in [-0.39, 0.29) is 6.10 Å². The van der Waals surface area contributed by atoms with Gasteiger partial charge in [-0.2, -0.15) is 13.2 Å². The Morgan fingerprint density at radius 2 is 1.90 bits per heavy atom. The first-order valence-electron chi connectivity index (χ1n) is 11.0. The lowest BCUT2D eigenvalue weighted by molar-refractivity contribution is -0.150. The number of carbonyl (C=O) groups excluding carboxylic acids is 1. The van der Waals surface area contributed by atoms with Gasteiger partial charge in [-0.15, -0.1) is 0 Å². The van der Waals surface area contributed by atoms with Gasteiger partial charge in [-0.25, -0.2) is 0 Å². The van der Waals surface area contributed by atoms with Gasteiger partial charge in [0.25, 0.3) is 0 Å². The molecule has 2 fully saturated rings. The van der Waals surface area contributed by atoms with E-state index in [9.17, 15) is 18.0 Å². The Balaban J connectivity index is 1.51. The van der Waals surface area contributed by atoms with Crippen molar-refractivity contribution in [3.05, 3.63) is 35.4 Å². The number of likely N-dealkylation sites (tertiary alicyclic amines) is 1. The first-order chi connectivity index (χ1) is 14.3. The predicted molar refractivity (Wildman–Crippen MR) is 110 cm³/mol. The lowest BCUT2D eigenvalue weighted by Crippen LogP contribution is -2.43. The number of hydrogen-bond donors (Lipinski definition) is 0. The number of carbonyl (C=O) groups is 1. The summed E-state index contributed by atoms with van der Waals surface area (Å²) < 4.78 is 43.4. The van der Waals surface area contributed by atoms with Crippen molar-refractivity contribution < 1.29 is 22.7 Å². The number of benzene rings is 1. The van der Waals surface area contributed by atoms with E-state index in [2.05, 4.69) is 30.0 Å². The van der Waals surface area contributed by atoms with Crippen LogP contribution in [0.5, 0.6) is 0 Å². The molecule has 2 saturated heterocycles. The SMILES string of the molecule is Cc1ccccc1CN1CCC(CN(C[C@H]2CCCO2)C(=O)CCC(F)(F)F)CC1. The molecule has 168 valence electrons. The van der Waals surface area contributed by atoms with Crippen molar-refractivity contribution in [3.8, 4) is 0 Å². The van der Waals surface area contributed by atoms with E-state index in [1.54, 1.807) is 4.90 Å². The fourth-order valence-electron chi connectivity index (χ4n) is 4.39. The topological polar surface area (TPSA) is 32.8 Å². The number of ether oxygens (including phenoxy) is 1. The van der Waals surface area contributed by atoms with Crippen LogP contribution in [0.25, 0.3) is 0 Å². The second kappa shape index (κ2) is 10.6. The molecule has 2 aliphatic heterocycles. The Bertz CT molecular complexity index is 681. The van der Waals surface area contributed by atoms with Crippen molar-refractivity contribution >= 4 is 5.91 Å². The normalized spacial score (nSPS) is 21.1. The van der Waals surface area contributed by atoms with Crippen molar-refractivity contribution in [3.63, 3.8) is 0 Å². The highest BCUT2D eigenvalue weighted by Crippen LogP contribution is 2.25. The molecule has 0 radical (unpaired) electrons. The zero-order chi connectivity index (χ0) is 21.6. The number of nitrogens with zero attached hydrogens (tertiary/aromatic N) is 2. The highest BCUT2D eigenvalue weighted by molar-refractivity contribution is 5.76. The maximum atomic E-state index is 12.6. The van der Waals surface area contributed by atoms with Crippen LogP contribution in [-0.2, 0) is 16.1 Å². The van der Waals surface area contributed by atoms with E-state index < -0.39 is 24.9 Å². The van der Waals surface area contributed by atoms with Gasteiger partial charge in [0.2, 0.25) is 5.91 Å². The Kier molecular flexibility index (Phi) is 8.17. The molecule has 2 heterocycles. The third-order valence-corrected chi connectivity index (χ3v) is 6.26. The molecule has 3 rings (SSSR count). The molecule has 4 nitrogen and oxygen atoms in total. The van der Waals surface area contributed by atoms with E-state index in [1.807, 2.05) is 6.07 Å². The minimum atomic E-state index is -4.30. The quantitative estimate of drug-likeness (QED) is 0.611. The van der Waals surface area contributed by atoms with Gasteiger partial charge in [0.05, 0.1) is 12.5 Å². The zero-order valence-corrected chi connectivity index (χ0v) is 17.8. The predicted octanol–water partition coefficient (Wildman–Crippen LogP) is 4.56. The van der Waals surface area contributed by atoms with Crippen LogP contribution in [0.1, 0.15) is 49.7 Å². The number of aryl methyl sites for hydroxylation is 1. The molecule has 0 saturated carbocycles. The van der Waals surface area contributed by atoms with Crippen LogP contribution in [0.3, 0.4) is 0 Å². The van der Waals surface area contributed by atoms with Gasteiger partial charge in [0.1, 0.15) is 0 Å². The third-order valence-electron chi connectivity index (χ3n) is 6.26. The van der Waals surface area contributed by atoms with Crippen molar-refractivity contribution in [1.82, 2.24) is 9.80 Å². The fourth-order valence-corrected chi connectivity index (χ4v) is 4.39. The molecule has 1 amide bonds. The average molecular weight is 427 g/mol. The molecule has 1 atom stereocenters. The summed E-state index contributed by atoms with van der Waals surface area (Å²) in [6.07, 6.45) is -2.12. The molecular formula is C23H33F3N2O2. The van der Waals surface area contributed by atoms with Crippen LogP contribution in [0, 0.1) is 12.8 Å².